The van der Waals surface area contributed by atoms with Crippen molar-refractivity contribution < 1.29 is 13.2 Å². The van der Waals surface area contributed by atoms with Crippen molar-refractivity contribution in [2.24, 2.45) is 0 Å². The second-order valence-corrected chi connectivity index (χ2v) is 8.14. The van der Waals surface area contributed by atoms with Crippen molar-refractivity contribution in [1.29, 1.82) is 0 Å². The fraction of sp³-hybridized carbons (Fsp3) is 0.190. The highest BCUT2D eigenvalue weighted by atomic mass is 32.2. The highest BCUT2D eigenvalue weighted by Gasteiger charge is 2.19. The van der Waals surface area contributed by atoms with Crippen molar-refractivity contribution in [1.82, 2.24) is 4.98 Å². The van der Waals surface area contributed by atoms with E-state index in [0.717, 1.165) is 16.9 Å². The lowest BCUT2D eigenvalue weighted by molar-refractivity contribution is 0.411. The molecule has 7 heteroatoms. The van der Waals surface area contributed by atoms with Crippen LogP contribution in [0.1, 0.15) is 11.1 Å². The predicted octanol–water partition coefficient (Wildman–Crippen LogP) is 4.28. The van der Waals surface area contributed by atoms with Crippen molar-refractivity contribution >= 4 is 27.2 Å². The first-order valence-electron chi connectivity index (χ1n) is 8.74. The molecule has 0 bridgehead atoms. The second-order valence-electron chi connectivity index (χ2n) is 6.49. The molecule has 0 aliphatic rings. The lowest BCUT2D eigenvalue weighted by Crippen LogP contribution is -2.16. The number of ether oxygens (including phenoxy) is 1. The summed E-state index contributed by atoms with van der Waals surface area (Å²) < 4.78 is 33.4. The Morgan fingerprint density at radius 2 is 1.68 bits per heavy atom. The quantitative estimate of drug-likeness (QED) is 0.672. The number of para-hydroxylation sites is 1. The van der Waals surface area contributed by atoms with Crippen LogP contribution >= 0.6 is 0 Å². The summed E-state index contributed by atoms with van der Waals surface area (Å²) in [5.74, 6) is 0.918. The molecule has 0 aliphatic heterocycles. The summed E-state index contributed by atoms with van der Waals surface area (Å²) in [6.45, 7) is 3.55. The third-order valence-electron chi connectivity index (χ3n) is 4.50. The third kappa shape index (κ3) is 4.09. The first-order chi connectivity index (χ1) is 13.3. The summed E-state index contributed by atoms with van der Waals surface area (Å²) in [6, 6.07) is 16.7. The highest BCUT2D eigenvalue weighted by molar-refractivity contribution is 7.92. The number of aryl methyl sites for hydroxylation is 2. The summed E-state index contributed by atoms with van der Waals surface area (Å²) in [6.07, 6.45) is 1.64. The van der Waals surface area contributed by atoms with E-state index in [-0.39, 0.29) is 10.7 Å². The predicted molar refractivity (Wildman–Crippen MR) is 112 cm³/mol. The average molecular weight is 398 g/mol. The monoisotopic (exact) mass is 397 g/mol. The molecule has 28 heavy (non-hydrogen) atoms. The molecule has 0 radical (unpaired) electrons. The van der Waals surface area contributed by atoms with Crippen LogP contribution in [0.25, 0.3) is 0 Å². The molecular weight excluding hydrogens is 374 g/mol. The number of aromatic nitrogens is 1. The molecule has 6 nitrogen and oxygen atoms in total. The van der Waals surface area contributed by atoms with E-state index < -0.39 is 10.0 Å². The maximum Gasteiger partial charge on any atom is 0.263 e. The van der Waals surface area contributed by atoms with Crippen molar-refractivity contribution in [3.8, 4) is 5.75 Å². The van der Waals surface area contributed by atoms with Gasteiger partial charge < -0.3 is 9.64 Å². The average Bonchev–Trinajstić information content (AvgIpc) is 2.69. The van der Waals surface area contributed by atoms with Crippen LogP contribution in [-0.2, 0) is 10.0 Å². The van der Waals surface area contributed by atoms with E-state index in [1.165, 1.54) is 0 Å². The molecule has 0 aliphatic carbocycles. The number of nitrogens with one attached hydrogen (secondary N) is 1. The lowest BCUT2D eigenvalue weighted by Gasteiger charge is -2.19. The second kappa shape index (κ2) is 7.90. The molecule has 1 N–H and O–H groups in total. The van der Waals surface area contributed by atoms with Crippen molar-refractivity contribution in [2.45, 2.75) is 18.7 Å². The molecule has 0 spiro atoms. The minimum atomic E-state index is -3.76. The fourth-order valence-electron chi connectivity index (χ4n) is 2.91. The molecule has 1 heterocycles. The molecule has 0 fully saturated rings. The zero-order valence-electron chi connectivity index (χ0n) is 16.3. The number of anilines is 3. The van der Waals surface area contributed by atoms with E-state index in [9.17, 15) is 8.42 Å². The van der Waals surface area contributed by atoms with Crippen LogP contribution in [-0.4, -0.2) is 27.6 Å². The van der Waals surface area contributed by atoms with Crippen LogP contribution < -0.4 is 14.4 Å². The van der Waals surface area contributed by atoms with Gasteiger partial charge in [-0.15, -0.1) is 0 Å². The first kappa shape index (κ1) is 19.7. The Kier molecular flexibility index (Phi) is 5.56. The van der Waals surface area contributed by atoms with Gasteiger partial charge in [0, 0.05) is 12.7 Å². The Bertz CT molecular complexity index is 1070. The Morgan fingerprint density at radius 3 is 2.29 bits per heavy atom. The van der Waals surface area contributed by atoms with Crippen LogP contribution in [0, 0.1) is 13.8 Å². The third-order valence-corrected chi connectivity index (χ3v) is 6.00. The van der Waals surface area contributed by atoms with Gasteiger partial charge >= 0.3 is 0 Å². The first-order valence-corrected chi connectivity index (χ1v) is 10.2. The number of benzene rings is 2. The van der Waals surface area contributed by atoms with Crippen LogP contribution in [0.4, 0.5) is 17.2 Å². The number of hydrogen-bond acceptors (Lipinski definition) is 5. The SMILES string of the molecule is COc1cc(C)c(S(=O)(=O)Nc2ccc(N(C)c3ccccc3)cn2)cc1C. The van der Waals surface area contributed by atoms with Gasteiger partial charge in [-0.2, -0.15) is 0 Å². The summed E-state index contributed by atoms with van der Waals surface area (Å²) in [5, 5.41) is 0. The maximum atomic E-state index is 12.8. The summed E-state index contributed by atoms with van der Waals surface area (Å²) >= 11 is 0. The van der Waals surface area contributed by atoms with Gasteiger partial charge in [0.25, 0.3) is 10.0 Å². The van der Waals surface area contributed by atoms with E-state index in [4.69, 9.17) is 4.74 Å². The standard InChI is InChI=1S/C21H23N3O3S/c1-15-13-20(16(2)12-19(15)27-4)28(25,26)23-21-11-10-18(14-22-21)24(3)17-8-6-5-7-9-17/h5-14H,1-4H3,(H,22,23). The molecule has 1 aromatic heterocycles. The molecular formula is C21H23N3O3S. The van der Waals surface area contributed by atoms with E-state index in [0.29, 0.717) is 11.3 Å². The van der Waals surface area contributed by atoms with Crippen molar-refractivity contribution in [3.63, 3.8) is 0 Å². The number of methoxy groups -OCH3 is 1. The van der Waals surface area contributed by atoms with E-state index in [1.807, 2.05) is 55.3 Å². The summed E-state index contributed by atoms with van der Waals surface area (Å²) in [4.78, 5) is 6.45. The normalized spacial score (nSPS) is 11.1. The lowest BCUT2D eigenvalue weighted by atomic mass is 10.1. The van der Waals surface area contributed by atoms with Gasteiger partial charge in [-0.25, -0.2) is 13.4 Å². The molecule has 0 saturated carbocycles. The minimum absolute atomic E-state index is 0.207. The fourth-order valence-corrected chi connectivity index (χ4v) is 4.23. The summed E-state index contributed by atoms with van der Waals surface area (Å²) in [5.41, 5.74) is 3.23. The van der Waals surface area contributed by atoms with Crippen molar-refractivity contribution in [2.75, 3.05) is 23.8 Å². The number of pyridine rings is 1. The molecule has 0 unspecified atom stereocenters. The number of hydrogen-bond donors (Lipinski definition) is 1. The Morgan fingerprint density at radius 1 is 0.964 bits per heavy atom. The molecule has 146 valence electrons. The van der Waals surface area contributed by atoms with Crippen LogP contribution in [0.2, 0.25) is 0 Å². The largest absolute Gasteiger partial charge is 0.496 e. The molecule has 2 aromatic carbocycles. The van der Waals surface area contributed by atoms with Gasteiger partial charge in [-0.05, 0) is 61.4 Å². The number of sulfonamides is 1. The zero-order chi connectivity index (χ0) is 20.3. The Labute approximate surface area is 165 Å². The molecule has 3 rings (SSSR count). The molecule has 0 amide bonds. The topological polar surface area (TPSA) is 71.5 Å². The number of rotatable bonds is 6. The Balaban J connectivity index is 1.83. The summed E-state index contributed by atoms with van der Waals surface area (Å²) in [7, 11) is -0.267. The van der Waals surface area contributed by atoms with Gasteiger partial charge in [-0.3, -0.25) is 4.72 Å². The van der Waals surface area contributed by atoms with E-state index in [2.05, 4.69) is 9.71 Å². The van der Waals surface area contributed by atoms with E-state index >= 15 is 0 Å². The van der Waals surface area contributed by atoms with Crippen LogP contribution in [0.3, 0.4) is 0 Å². The maximum absolute atomic E-state index is 12.8. The molecule has 0 atom stereocenters. The number of nitrogens with zero attached hydrogens (tertiary/aromatic N) is 2. The van der Waals surface area contributed by atoms with E-state index in [1.54, 1.807) is 38.4 Å². The van der Waals surface area contributed by atoms with Gasteiger partial charge in [0.15, 0.2) is 0 Å². The van der Waals surface area contributed by atoms with Gasteiger partial charge in [-0.1, -0.05) is 18.2 Å². The van der Waals surface area contributed by atoms with Crippen LogP contribution in [0.5, 0.6) is 5.75 Å². The zero-order valence-corrected chi connectivity index (χ0v) is 17.1. The molecule has 0 saturated heterocycles. The minimum Gasteiger partial charge on any atom is -0.496 e. The smallest absolute Gasteiger partial charge is 0.263 e. The van der Waals surface area contributed by atoms with Crippen LogP contribution in [0.15, 0.2) is 65.7 Å². The van der Waals surface area contributed by atoms with Gasteiger partial charge in [0.2, 0.25) is 0 Å². The highest BCUT2D eigenvalue weighted by Crippen LogP contribution is 2.27. The van der Waals surface area contributed by atoms with Gasteiger partial charge in [0.05, 0.1) is 23.9 Å². The van der Waals surface area contributed by atoms with Crippen molar-refractivity contribution in [3.05, 3.63) is 71.9 Å². The Hall–Kier alpha value is -3.06. The molecule has 3 aromatic rings. The van der Waals surface area contributed by atoms with Gasteiger partial charge in [0.1, 0.15) is 11.6 Å².